The van der Waals surface area contributed by atoms with Gasteiger partial charge in [-0.2, -0.15) is 8.78 Å². The van der Waals surface area contributed by atoms with Crippen molar-refractivity contribution in [3.8, 4) is 5.75 Å². The van der Waals surface area contributed by atoms with Crippen LogP contribution in [-0.2, 0) is 16.1 Å². The van der Waals surface area contributed by atoms with Crippen LogP contribution in [0.5, 0.6) is 5.75 Å². The zero-order valence-corrected chi connectivity index (χ0v) is 14.5. The number of rotatable bonds is 7. The van der Waals surface area contributed by atoms with Crippen LogP contribution in [-0.4, -0.2) is 18.5 Å². The summed E-state index contributed by atoms with van der Waals surface area (Å²) in [5, 5.41) is 0. The van der Waals surface area contributed by atoms with Gasteiger partial charge in [-0.3, -0.25) is 0 Å². The van der Waals surface area contributed by atoms with Crippen LogP contribution in [0, 0.1) is 0 Å². The van der Waals surface area contributed by atoms with E-state index in [0.717, 1.165) is 5.56 Å². The van der Waals surface area contributed by atoms with E-state index in [2.05, 4.69) is 4.74 Å². The summed E-state index contributed by atoms with van der Waals surface area (Å²) in [4.78, 5) is 11.3. The molecule has 4 nitrogen and oxygen atoms in total. The van der Waals surface area contributed by atoms with Crippen LogP contribution in [0.4, 0.5) is 8.78 Å². The van der Waals surface area contributed by atoms with Crippen molar-refractivity contribution in [1.82, 2.24) is 0 Å². The molecule has 2 rings (SSSR count). The van der Waals surface area contributed by atoms with Gasteiger partial charge in [-0.1, -0.05) is 42.5 Å². The summed E-state index contributed by atoms with van der Waals surface area (Å²) in [5.74, 6) is -4.89. The number of ether oxygens (including phenoxy) is 2. The van der Waals surface area contributed by atoms with Crippen molar-refractivity contribution in [1.29, 1.82) is 0 Å². The Bertz CT molecular complexity index is 666. The molecule has 0 aromatic heterocycles. The number of hydrogen-bond acceptors (Lipinski definition) is 4. The van der Waals surface area contributed by atoms with E-state index < -0.39 is 17.9 Å². The number of carbonyl (C=O) groups excluding carboxylic acids is 1. The van der Waals surface area contributed by atoms with Gasteiger partial charge in [-0.25, -0.2) is 4.79 Å². The molecule has 0 saturated carbocycles. The second-order valence-electron chi connectivity index (χ2n) is 5.16. The second kappa shape index (κ2) is 9.34. The van der Waals surface area contributed by atoms with Gasteiger partial charge in [0.05, 0.1) is 6.61 Å². The van der Waals surface area contributed by atoms with Crippen molar-refractivity contribution in [2.24, 2.45) is 5.73 Å². The Morgan fingerprint density at radius 1 is 1.12 bits per heavy atom. The van der Waals surface area contributed by atoms with Gasteiger partial charge in [0.25, 0.3) is 0 Å². The fourth-order valence-corrected chi connectivity index (χ4v) is 2.08. The molecule has 0 aliphatic heterocycles. The average molecular weight is 372 g/mol. The standard InChI is InChI=1S/C18H19F2NO3.ClH/c1-2-23-17(22)18(19,20)16(21)14-8-10-15(11-9-14)24-12-13-6-4-3-5-7-13;/h3-11,16H,2,12,21H2,1H3;1H/t16-;/m1./s1. The Morgan fingerprint density at radius 2 is 1.72 bits per heavy atom. The zero-order chi connectivity index (χ0) is 17.6. The van der Waals surface area contributed by atoms with E-state index in [0.29, 0.717) is 12.4 Å². The minimum Gasteiger partial charge on any atom is -0.489 e. The largest absolute Gasteiger partial charge is 0.489 e. The third-order valence-corrected chi connectivity index (χ3v) is 3.43. The van der Waals surface area contributed by atoms with Gasteiger partial charge in [-0.15, -0.1) is 12.4 Å². The lowest BCUT2D eigenvalue weighted by Gasteiger charge is -2.22. The number of halogens is 3. The summed E-state index contributed by atoms with van der Waals surface area (Å²) in [5.41, 5.74) is 6.65. The predicted octanol–water partition coefficient (Wildman–Crippen LogP) is 3.89. The highest BCUT2D eigenvalue weighted by molar-refractivity contribution is 5.85. The van der Waals surface area contributed by atoms with Crippen molar-refractivity contribution in [2.45, 2.75) is 25.5 Å². The van der Waals surface area contributed by atoms with Gasteiger partial charge in [-0.05, 0) is 30.2 Å². The first-order chi connectivity index (χ1) is 11.4. The number of alkyl halides is 2. The van der Waals surface area contributed by atoms with Crippen molar-refractivity contribution in [3.63, 3.8) is 0 Å². The number of hydrogen-bond donors (Lipinski definition) is 1. The predicted molar refractivity (Wildman–Crippen MR) is 93.0 cm³/mol. The minimum absolute atomic E-state index is 0. The number of esters is 1. The van der Waals surface area contributed by atoms with Crippen molar-refractivity contribution < 1.29 is 23.0 Å². The van der Waals surface area contributed by atoms with Gasteiger partial charge in [0.1, 0.15) is 18.4 Å². The van der Waals surface area contributed by atoms with Crippen molar-refractivity contribution in [2.75, 3.05) is 6.61 Å². The van der Waals surface area contributed by atoms with E-state index in [1.807, 2.05) is 30.3 Å². The highest BCUT2D eigenvalue weighted by Crippen LogP contribution is 2.31. The normalized spacial score (nSPS) is 12.0. The van der Waals surface area contributed by atoms with Crippen LogP contribution in [0.2, 0.25) is 0 Å². The Hall–Kier alpha value is -2.18. The van der Waals surface area contributed by atoms with Crippen LogP contribution in [0.1, 0.15) is 24.1 Å². The summed E-state index contributed by atoms with van der Waals surface area (Å²) in [7, 11) is 0. The van der Waals surface area contributed by atoms with Gasteiger partial charge in [0.15, 0.2) is 0 Å². The highest BCUT2D eigenvalue weighted by Gasteiger charge is 2.47. The minimum atomic E-state index is -3.79. The van der Waals surface area contributed by atoms with Crippen molar-refractivity contribution in [3.05, 3.63) is 65.7 Å². The summed E-state index contributed by atoms with van der Waals surface area (Å²) in [6.07, 6.45) is 0. The monoisotopic (exact) mass is 371 g/mol. The molecule has 0 heterocycles. The molecule has 0 bridgehead atoms. The molecule has 0 amide bonds. The van der Waals surface area contributed by atoms with Crippen LogP contribution >= 0.6 is 12.4 Å². The fourth-order valence-electron chi connectivity index (χ4n) is 2.08. The molecule has 0 unspecified atom stereocenters. The summed E-state index contributed by atoms with van der Waals surface area (Å²) in [6, 6.07) is 13.7. The van der Waals surface area contributed by atoms with E-state index >= 15 is 0 Å². The molecule has 2 N–H and O–H groups in total. The third-order valence-electron chi connectivity index (χ3n) is 3.43. The summed E-state index contributed by atoms with van der Waals surface area (Å²) in [6.45, 7) is 1.69. The maximum absolute atomic E-state index is 13.9. The van der Waals surface area contributed by atoms with E-state index in [1.54, 1.807) is 12.1 Å². The SMILES string of the molecule is CCOC(=O)C(F)(F)[C@H](N)c1ccc(OCc2ccccc2)cc1.Cl. The third kappa shape index (κ3) is 5.41. The fraction of sp³-hybridized carbons (Fsp3) is 0.278. The Morgan fingerprint density at radius 3 is 2.28 bits per heavy atom. The molecule has 136 valence electrons. The lowest BCUT2D eigenvalue weighted by molar-refractivity contribution is -0.174. The average Bonchev–Trinajstić information content (AvgIpc) is 2.61. The molecule has 2 aromatic rings. The number of benzene rings is 2. The lowest BCUT2D eigenvalue weighted by Crippen LogP contribution is -2.41. The Balaban J connectivity index is 0.00000312. The van der Waals surface area contributed by atoms with E-state index in [9.17, 15) is 13.6 Å². The molecule has 0 spiro atoms. The van der Waals surface area contributed by atoms with Crippen LogP contribution in [0.25, 0.3) is 0 Å². The van der Waals surface area contributed by atoms with Crippen molar-refractivity contribution >= 4 is 18.4 Å². The first-order valence-electron chi connectivity index (χ1n) is 7.52. The molecule has 0 fully saturated rings. The Labute approximate surface area is 151 Å². The molecule has 0 radical (unpaired) electrons. The molecular formula is C18H20ClF2NO3. The lowest BCUT2D eigenvalue weighted by atomic mass is 10.0. The number of nitrogens with two attached hydrogens (primary N) is 1. The zero-order valence-electron chi connectivity index (χ0n) is 13.7. The molecule has 0 saturated heterocycles. The molecule has 0 aliphatic carbocycles. The van der Waals surface area contributed by atoms with E-state index in [1.165, 1.54) is 19.1 Å². The van der Waals surface area contributed by atoms with Gasteiger partial charge in [0.2, 0.25) is 0 Å². The molecule has 2 aromatic carbocycles. The Kier molecular flexibility index (Phi) is 7.80. The topological polar surface area (TPSA) is 61.5 Å². The highest BCUT2D eigenvalue weighted by atomic mass is 35.5. The second-order valence-corrected chi connectivity index (χ2v) is 5.16. The summed E-state index contributed by atoms with van der Waals surface area (Å²) >= 11 is 0. The molecular weight excluding hydrogens is 352 g/mol. The maximum atomic E-state index is 13.9. The number of carbonyl (C=O) groups is 1. The van der Waals surface area contributed by atoms with Gasteiger partial charge < -0.3 is 15.2 Å². The smallest absolute Gasteiger partial charge is 0.379 e. The molecule has 0 aliphatic rings. The van der Waals surface area contributed by atoms with Gasteiger partial charge in [0, 0.05) is 0 Å². The van der Waals surface area contributed by atoms with E-state index in [-0.39, 0.29) is 24.6 Å². The maximum Gasteiger partial charge on any atom is 0.379 e. The quantitative estimate of drug-likeness (QED) is 0.750. The summed E-state index contributed by atoms with van der Waals surface area (Å²) < 4.78 is 37.8. The van der Waals surface area contributed by atoms with Gasteiger partial charge >= 0.3 is 11.9 Å². The first kappa shape index (κ1) is 20.9. The van der Waals surface area contributed by atoms with Crippen LogP contribution < -0.4 is 10.5 Å². The first-order valence-corrected chi connectivity index (χ1v) is 7.52. The van der Waals surface area contributed by atoms with Crippen LogP contribution in [0.15, 0.2) is 54.6 Å². The molecule has 25 heavy (non-hydrogen) atoms. The molecule has 7 heteroatoms. The molecule has 1 atom stereocenters. The van der Waals surface area contributed by atoms with E-state index in [4.69, 9.17) is 10.5 Å². The van der Waals surface area contributed by atoms with Crippen LogP contribution in [0.3, 0.4) is 0 Å².